The number of pyridine rings is 1. The Labute approximate surface area is 191 Å². The number of benzene rings is 3. The molecular weight excluding hydrogens is 414 g/mol. The highest BCUT2D eigenvalue weighted by Gasteiger charge is 2.33. The molecule has 0 fully saturated rings. The molecule has 0 radical (unpaired) electrons. The molecule has 0 unspecified atom stereocenters. The first kappa shape index (κ1) is 20.7. The molecule has 0 aliphatic carbocycles. The maximum Gasteiger partial charge on any atom is 0.263 e. The summed E-state index contributed by atoms with van der Waals surface area (Å²) in [5, 5.41) is 7.67. The Kier molecular flexibility index (Phi) is 5.48. The van der Waals surface area contributed by atoms with Gasteiger partial charge in [0, 0.05) is 18.0 Å². The summed E-state index contributed by atoms with van der Waals surface area (Å²) in [4.78, 5) is 26.4. The Morgan fingerprint density at radius 3 is 2.45 bits per heavy atom. The van der Waals surface area contributed by atoms with Gasteiger partial charge in [0.05, 0.1) is 18.9 Å². The largest absolute Gasteiger partial charge is 0.497 e. The fraction of sp³-hybridized carbons (Fsp3) is 0.148. The van der Waals surface area contributed by atoms with Crippen LogP contribution in [0.2, 0.25) is 0 Å². The molecule has 0 bridgehead atoms. The van der Waals surface area contributed by atoms with Crippen LogP contribution in [0.1, 0.15) is 23.6 Å². The number of carbonyl (C=O) groups excluding carboxylic acids is 1. The number of carbonyl (C=O) groups is 1. The number of nitrogens with zero attached hydrogens (tertiary/aromatic N) is 3. The van der Waals surface area contributed by atoms with Gasteiger partial charge in [-0.05, 0) is 40.8 Å². The molecule has 0 saturated carbocycles. The van der Waals surface area contributed by atoms with Crippen LogP contribution in [0.3, 0.4) is 0 Å². The third kappa shape index (κ3) is 4.03. The van der Waals surface area contributed by atoms with E-state index in [9.17, 15) is 9.59 Å². The lowest BCUT2D eigenvalue weighted by Gasteiger charge is -2.22. The van der Waals surface area contributed by atoms with Crippen LogP contribution < -0.4 is 10.3 Å². The predicted molar refractivity (Wildman–Crippen MR) is 128 cm³/mol. The van der Waals surface area contributed by atoms with Gasteiger partial charge >= 0.3 is 0 Å². The van der Waals surface area contributed by atoms with E-state index in [0.717, 1.165) is 28.0 Å². The fourth-order valence-corrected chi connectivity index (χ4v) is 4.20. The van der Waals surface area contributed by atoms with Crippen LogP contribution >= 0.6 is 0 Å². The number of amides is 1. The van der Waals surface area contributed by atoms with E-state index in [4.69, 9.17) is 9.84 Å². The highest BCUT2D eigenvalue weighted by molar-refractivity contribution is 6.03. The molecule has 1 aromatic heterocycles. The molecular formula is C27H23N3O3. The summed E-state index contributed by atoms with van der Waals surface area (Å²) < 4.78 is 6.73. The number of ether oxygens (including phenoxy) is 1. The molecule has 1 aliphatic rings. The Hall–Kier alpha value is -4.19. The summed E-state index contributed by atoms with van der Waals surface area (Å²) in [5.41, 5.74) is 2.60. The minimum Gasteiger partial charge on any atom is -0.497 e. The Bertz CT molecular complexity index is 1390. The van der Waals surface area contributed by atoms with Gasteiger partial charge in [0.25, 0.3) is 11.5 Å². The average Bonchev–Trinajstić information content (AvgIpc) is 3.32. The quantitative estimate of drug-likeness (QED) is 0.465. The van der Waals surface area contributed by atoms with Crippen molar-refractivity contribution >= 4 is 22.4 Å². The number of aromatic nitrogens is 1. The lowest BCUT2D eigenvalue weighted by Crippen LogP contribution is -2.33. The highest BCUT2D eigenvalue weighted by atomic mass is 16.5. The molecule has 3 aromatic carbocycles. The van der Waals surface area contributed by atoms with Gasteiger partial charge in [-0.25, -0.2) is 5.01 Å². The van der Waals surface area contributed by atoms with E-state index in [2.05, 4.69) is 0 Å². The molecule has 0 saturated heterocycles. The number of methoxy groups -OCH3 is 1. The molecule has 33 heavy (non-hydrogen) atoms. The van der Waals surface area contributed by atoms with Gasteiger partial charge in [0.15, 0.2) is 0 Å². The molecule has 0 N–H and O–H groups in total. The zero-order chi connectivity index (χ0) is 22.8. The molecule has 4 aromatic rings. The minimum atomic E-state index is -0.255. The molecule has 5 rings (SSSR count). The van der Waals surface area contributed by atoms with Crippen LogP contribution in [0.5, 0.6) is 5.75 Å². The Balaban J connectivity index is 1.49. The van der Waals surface area contributed by atoms with Crippen LogP contribution in [-0.4, -0.2) is 28.3 Å². The van der Waals surface area contributed by atoms with Gasteiger partial charge in [0.1, 0.15) is 12.3 Å². The summed E-state index contributed by atoms with van der Waals surface area (Å²) in [7, 11) is 1.62. The molecule has 0 spiro atoms. The van der Waals surface area contributed by atoms with Crippen molar-refractivity contribution in [1.29, 1.82) is 0 Å². The van der Waals surface area contributed by atoms with E-state index in [1.807, 2.05) is 78.9 Å². The number of fused-ring (bicyclic) bond motifs is 1. The molecule has 2 heterocycles. The first-order chi connectivity index (χ1) is 16.1. The maximum atomic E-state index is 13.4. The van der Waals surface area contributed by atoms with Gasteiger partial charge in [-0.1, -0.05) is 60.7 Å². The number of rotatable bonds is 5. The standard InChI is InChI=1S/C27H23N3O3/c1-33-22-13-11-21(12-14-22)25-17-24(20-8-3-2-4-9-20)28-30(25)26(31)18-29-16-15-19-7-5-6-10-23(19)27(29)32/h2-16,25H,17-18H2,1H3/t25-/m1/s1. The van der Waals surface area contributed by atoms with Gasteiger partial charge in [-0.2, -0.15) is 5.10 Å². The summed E-state index contributed by atoms with van der Waals surface area (Å²) in [6.07, 6.45) is 2.26. The summed E-state index contributed by atoms with van der Waals surface area (Å²) >= 11 is 0. The van der Waals surface area contributed by atoms with E-state index in [-0.39, 0.29) is 24.1 Å². The van der Waals surface area contributed by atoms with Crippen molar-refractivity contribution in [3.8, 4) is 5.75 Å². The van der Waals surface area contributed by atoms with Crippen molar-refractivity contribution in [2.24, 2.45) is 5.10 Å². The fourth-order valence-electron chi connectivity index (χ4n) is 4.20. The third-order valence-electron chi connectivity index (χ3n) is 5.97. The van der Waals surface area contributed by atoms with Crippen molar-refractivity contribution in [2.75, 3.05) is 7.11 Å². The molecule has 6 heteroatoms. The van der Waals surface area contributed by atoms with Gasteiger partial charge in [0.2, 0.25) is 0 Å². The first-order valence-electron chi connectivity index (χ1n) is 10.8. The van der Waals surface area contributed by atoms with Crippen molar-refractivity contribution in [3.63, 3.8) is 0 Å². The van der Waals surface area contributed by atoms with Crippen LogP contribution in [-0.2, 0) is 11.3 Å². The zero-order valence-corrected chi connectivity index (χ0v) is 18.2. The average molecular weight is 437 g/mol. The molecule has 1 aliphatic heterocycles. The first-order valence-corrected chi connectivity index (χ1v) is 10.8. The van der Waals surface area contributed by atoms with Gasteiger partial charge in [-0.3, -0.25) is 9.59 Å². The molecule has 6 nitrogen and oxygen atoms in total. The van der Waals surface area contributed by atoms with E-state index in [0.29, 0.717) is 11.8 Å². The van der Waals surface area contributed by atoms with E-state index >= 15 is 0 Å². The van der Waals surface area contributed by atoms with E-state index < -0.39 is 0 Å². The second-order valence-corrected chi connectivity index (χ2v) is 7.98. The van der Waals surface area contributed by atoms with Gasteiger partial charge in [-0.15, -0.1) is 0 Å². The third-order valence-corrected chi connectivity index (χ3v) is 5.97. The monoisotopic (exact) mass is 437 g/mol. The van der Waals surface area contributed by atoms with Crippen LogP contribution in [0.4, 0.5) is 0 Å². The summed E-state index contributed by atoms with van der Waals surface area (Å²) in [6, 6.07) is 26.5. The Morgan fingerprint density at radius 1 is 0.970 bits per heavy atom. The number of hydrazone groups is 1. The molecule has 1 amide bonds. The maximum absolute atomic E-state index is 13.4. The summed E-state index contributed by atoms with van der Waals surface area (Å²) in [5.74, 6) is 0.515. The number of hydrogen-bond donors (Lipinski definition) is 0. The highest BCUT2D eigenvalue weighted by Crippen LogP contribution is 2.33. The van der Waals surface area contributed by atoms with Crippen molar-refractivity contribution in [3.05, 3.63) is 113 Å². The SMILES string of the molecule is COc1ccc([C@H]2CC(c3ccccc3)=NN2C(=O)Cn2ccc3ccccc3c2=O)cc1. The minimum absolute atomic E-state index is 0.0815. The van der Waals surface area contributed by atoms with Crippen LogP contribution in [0.15, 0.2) is 101 Å². The van der Waals surface area contributed by atoms with E-state index in [1.54, 1.807) is 19.4 Å². The topological polar surface area (TPSA) is 63.9 Å². The second-order valence-electron chi connectivity index (χ2n) is 7.98. The smallest absolute Gasteiger partial charge is 0.263 e. The van der Waals surface area contributed by atoms with Crippen LogP contribution in [0, 0.1) is 0 Å². The molecule has 164 valence electrons. The second kappa shape index (κ2) is 8.74. The molecule has 1 atom stereocenters. The summed E-state index contributed by atoms with van der Waals surface area (Å²) in [6.45, 7) is -0.0815. The predicted octanol–water partition coefficient (Wildman–Crippen LogP) is 4.39. The van der Waals surface area contributed by atoms with Crippen molar-refractivity contribution in [2.45, 2.75) is 19.0 Å². The Morgan fingerprint density at radius 2 is 1.70 bits per heavy atom. The van der Waals surface area contributed by atoms with E-state index in [1.165, 1.54) is 9.58 Å². The lowest BCUT2D eigenvalue weighted by atomic mass is 9.98. The number of hydrogen-bond acceptors (Lipinski definition) is 4. The lowest BCUT2D eigenvalue weighted by molar-refractivity contribution is -0.133. The normalized spacial score (nSPS) is 15.5. The van der Waals surface area contributed by atoms with Crippen molar-refractivity contribution in [1.82, 2.24) is 9.58 Å². The zero-order valence-electron chi connectivity index (χ0n) is 18.2. The van der Waals surface area contributed by atoms with Crippen LogP contribution in [0.25, 0.3) is 10.8 Å². The van der Waals surface area contributed by atoms with Gasteiger partial charge < -0.3 is 9.30 Å². The van der Waals surface area contributed by atoms with Crippen molar-refractivity contribution < 1.29 is 9.53 Å².